The van der Waals surface area contributed by atoms with Gasteiger partial charge in [-0.2, -0.15) is 0 Å². The van der Waals surface area contributed by atoms with Crippen molar-refractivity contribution < 1.29 is 10.2 Å². The van der Waals surface area contributed by atoms with E-state index in [1.165, 1.54) is 5.19 Å². The number of rotatable bonds is 1. The zero-order valence-corrected chi connectivity index (χ0v) is 9.75. The van der Waals surface area contributed by atoms with Crippen LogP contribution in [0.2, 0.25) is 5.04 Å². The van der Waals surface area contributed by atoms with Crippen LogP contribution in [0.3, 0.4) is 0 Å². The summed E-state index contributed by atoms with van der Waals surface area (Å²) in [5, 5.41) is 19.9. The van der Waals surface area contributed by atoms with Gasteiger partial charge >= 0.3 is 0 Å². The van der Waals surface area contributed by atoms with Crippen LogP contribution in [0.4, 0.5) is 0 Å². The first-order chi connectivity index (χ1) is 5.88. The van der Waals surface area contributed by atoms with Gasteiger partial charge in [0.1, 0.15) is 0 Å². The Morgan fingerprint density at radius 3 is 2.15 bits per heavy atom. The number of aromatic hydroxyl groups is 2. The molecule has 0 aliphatic heterocycles. The summed E-state index contributed by atoms with van der Waals surface area (Å²) in [6, 6.07) is 5.13. The van der Waals surface area contributed by atoms with Gasteiger partial charge < -0.3 is 10.2 Å². The summed E-state index contributed by atoms with van der Waals surface area (Å²) in [5.74, 6) is -0.0408. The maximum Gasteiger partial charge on any atom is 0.157 e. The standard InChI is InChI=1S/C10H16O2Si/c1-10(2,3)13-7-4-5-8(11)9(12)6-7/h4-6,11-12H,13H2,1-3H3. The number of benzene rings is 1. The molecule has 0 spiro atoms. The van der Waals surface area contributed by atoms with E-state index in [4.69, 9.17) is 5.11 Å². The third-order valence-electron chi connectivity index (χ3n) is 1.77. The van der Waals surface area contributed by atoms with Gasteiger partial charge in [-0.25, -0.2) is 0 Å². The molecule has 2 N–H and O–H groups in total. The monoisotopic (exact) mass is 196 g/mol. The SMILES string of the molecule is CC(C)(C)[SiH2]c1ccc(O)c(O)c1. The molecule has 0 aliphatic rings. The predicted molar refractivity (Wildman–Crippen MR) is 57.7 cm³/mol. The summed E-state index contributed by atoms with van der Waals surface area (Å²) in [6.45, 7) is 6.59. The first-order valence-corrected chi connectivity index (χ1v) is 5.81. The Morgan fingerprint density at radius 1 is 1.08 bits per heavy atom. The van der Waals surface area contributed by atoms with Crippen LogP contribution in [-0.4, -0.2) is 19.7 Å². The highest BCUT2D eigenvalue weighted by Gasteiger charge is 2.13. The first-order valence-electron chi connectivity index (χ1n) is 4.39. The molecule has 1 aromatic carbocycles. The summed E-state index contributed by atoms with van der Waals surface area (Å²) >= 11 is 0. The number of hydrogen-bond donors (Lipinski definition) is 2. The van der Waals surface area contributed by atoms with Crippen molar-refractivity contribution in [3.8, 4) is 11.5 Å². The van der Waals surface area contributed by atoms with Crippen molar-refractivity contribution in [1.82, 2.24) is 0 Å². The Bertz CT molecular complexity index is 302. The maximum atomic E-state index is 9.27. The van der Waals surface area contributed by atoms with E-state index in [0.717, 1.165) is 0 Å². The van der Waals surface area contributed by atoms with Gasteiger partial charge in [-0.15, -0.1) is 0 Å². The zero-order valence-electron chi connectivity index (χ0n) is 8.33. The molecule has 1 rings (SSSR count). The van der Waals surface area contributed by atoms with Gasteiger partial charge in [0.05, 0.1) is 9.52 Å². The second-order valence-electron chi connectivity index (χ2n) is 4.56. The molecule has 0 radical (unpaired) electrons. The summed E-state index contributed by atoms with van der Waals surface area (Å²) in [7, 11) is -0.382. The summed E-state index contributed by atoms with van der Waals surface area (Å²) in [5.41, 5.74) is 0. The van der Waals surface area contributed by atoms with Crippen molar-refractivity contribution in [1.29, 1.82) is 0 Å². The lowest BCUT2D eigenvalue weighted by Gasteiger charge is -2.17. The van der Waals surface area contributed by atoms with Gasteiger partial charge in [-0.05, 0) is 17.2 Å². The molecule has 0 saturated heterocycles. The Kier molecular flexibility index (Phi) is 2.66. The minimum Gasteiger partial charge on any atom is -0.504 e. The lowest BCUT2D eigenvalue weighted by atomic mass is 10.2. The van der Waals surface area contributed by atoms with Crippen LogP contribution in [0.5, 0.6) is 11.5 Å². The minimum absolute atomic E-state index is 0.00532. The highest BCUT2D eigenvalue weighted by atomic mass is 28.2. The van der Waals surface area contributed by atoms with Gasteiger partial charge in [-0.3, -0.25) is 0 Å². The quantitative estimate of drug-likeness (QED) is 0.522. The Hall–Kier alpha value is -0.963. The summed E-state index contributed by atoms with van der Waals surface area (Å²) < 4.78 is 0. The molecule has 13 heavy (non-hydrogen) atoms. The van der Waals surface area contributed by atoms with E-state index >= 15 is 0 Å². The Morgan fingerprint density at radius 2 is 1.69 bits per heavy atom. The van der Waals surface area contributed by atoms with Crippen molar-refractivity contribution in [2.24, 2.45) is 0 Å². The van der Waals surface area contributed by atoms with Crippen LogP contribution in [0.25, 0.3) is 0 Å². The van der Waals surface area contributed by atoms with Gasteiger partial charge in [0.15, 0.2) is 11.5 Å². The van der Waals surface area contributed by atoms with Gasteiger partial charge in [0.2, 0.25) is 0 Å². The average molecular weight is 196 g/mol. The highest BCUT2D eigenvalue weighted by molar-refractivity contribution is 6.56. The summed E-state index contributed by atoms with van der Waals surface area (Å²) in [6.07, 6.45) is 0. The van der Waals surface area contributed by atoms with Crippen LogP contribution in [0.1, 0.15) is 20.8 Å². The molecule has 0 unspecified atom stereocenters. The van der Waals surface area contributed by atoms with Crippen molar-refractivity contribution in [3.05, 3.63) is 18.2 Å². The van der Waals surface area contributed by atoms with Crippen molar-refractivity contribution in [3.63, 3.8) is 0 Å². The van der Waals surface area contributed by atoms with Gasteiger partial charge in [-0.1, -0.05) is 32.0 Å². The Balaban J connectivity index is 2.86. The highest BCUT2D eigenvalue weighted by Crippen LogP contribution is 2.24. The van der Waals surface area contributed by atoms with Crippen molar-refractivity contribution >= 4 is 14.7 Å². The largest absolute Gasteiger partial charge is 0.504 e. The minimum atomic E-state index is -0.382. The molecule has 0 saturated carbocycles. The fourth-order valence-electron chi connectivity index (χ4n) is 1.29. The molecule has 0 heterocycles. The fraction of sp³-hybridized carbons (Fsp3) is 0.400. The number of phenols is 2. The normalized spacial score (nSPS) is 12.5. The van der Waals surface area contributed by atoms with Crippen molar-refractivity contribution in [2.45, 2.75) is 25.8 Å². The molecule has 0 fully saturated rings. The molecule has 0 aliphatic carbocycles. The average Bonchev–Trinajstić information content (AvgIpc) is 1.94. The van der Waals surface area contributed by atoms with E-state index < -0.39 is 0 Å². The molecular formula is C10H16O2Si. The van der Waals surface area contributed by atoms with Crippen LogP contribution < -0.4 is 5.19 Å². The molecule has 2 nitrogen and oxygen atoms in total. The molecule has 0 aromatic heterocycles. The van der Waals surface area contributed by atoms with Gasteiger partial charge in [0, 0.05) is 0 Å². The van der Waals surface area contributed by atoms with Gasteiger partial charge in [0.25, 0.3) is 0 Å². The molecular weight excluding hydrogens is 180 g/mol. The predicted octanol–water partition coefficient (Wildman–Crippen LogP) is 1.11. The van der Waals surface area contributed by atoms with E-state index in [1.807, 2.05) is 6.07 Å². The third kappa shape index (κ3) is 3.11. The van der Waals surface area contributed by atoms with E-state index in [0.29, 0.717) is 5.04 Å². The van der Waals surface area contributed by atoms with Crippen LogP contribution in [-0.2, 0) is 0 Å². The number of hydrogen-bond acceptors (Lipinski definition) is 2. The van der Waals surface area contributed by atoms with Crippen LogP contribution in [0.15, 0.2) is 18.2 Å². The smallest absolute Gasteiger partial charge is 0.157 e. The van der Waals surface area contributed by atoms with E-state index in [9.17, 15) is 5.11 Å². The van der Waals surface area contributed by atoms with E-state index in [1.54, 1.807) is 12.1 Å². The van der Waals surface area contributed by atoms with Crippen LogP contribution in [0, 0.1) is 0 Å². The topological polar surface area (TPSA) is 40.5 Å². The maximum absolute atomic E-state index is 9.27. The zero-order chi connectivity index (χ0) is 10.1. The lowest BCUT2D eigenvalue weighted by Crippen LogP contribution is -2.22. The molecule has 1 aromatic rings. The molecule has 3 heteroatoms. The van der Waals surface area contributed by atoms with E-state index in [2.05, 4.69) is 20.8 Å². The van der Waals surface area contributed by atoms with Crippen LogP contribution >= 0.6 is 0 Å². The molecule has 0 amide bonds. The summed E-state index contributed by atoms with van der Waals surface area (Å²) in [4.78, 5) is 0. The number of phenolic OH excluding ortho intramolecular Hbond substituents is 2. The first kappa shape index (κ1) is 10.1. The van der Waals surface area contributed by atoms with Crippen molar-refractivity contribution in [2.75, 3.05) is 0 Å². The molecule has 0 atom stereocenters. The second-order valence-corrected chi connectivity index (χ2v) is 7.85. The van der Waals surface area contributed by atoms with E-state index in [-0.39, 0.29) is 21.0 Å². The fourth-order valence-corrected chi connectivity index (χ4v) is 3.05. The third-order valence-corrected chi connectivity index (χ3v) is 3.68. The second kappa shape index (κ2) is 3.42. The molecule has 72 valence electrons. The lowest BCUT2D eigenvalue weighted by molar-refractivity contribution is 0.404. The Labute approximate surface area is 81.1 Å². The molecule has 0 bridgehead atoms.